The minimum Gasteiger partial charge on any atom is -0.447 e. The highest BCUT2D eigenvalue weighted by atomic mass is 16.7. The van der Waals surface area contributed by atoms with Gasteiger partial charge in [0.05, 0.1) is 24.1 Å². The molecular weight excluding hydrogens is 328 g/mol. The lowest BCUT2D eigenvalue weighted by Crippen LogP contribution is -2.60. The molecule has 2 heterocycles. The van der Waals surface area contributed by atoms with Crippen LogP contribution >= 0.6 is 0 Å². The Balaban J connectivity index is 2.00. The summed E-state index contributed by atoms with van der Waals surface area (Å²) in [4.78, 5) is 0. The molecule has 0 amide bonds. The van der Waals surface area contributed by atoms with E-state index in [1.54, 1.807) is 24.3 Å². The Labute approximate surface area is 152 Å². The molecule has 1 aliphatic carbocycles. The molecule has 130 valence electrons. The fourth-order valence-corrected chi connectivity index (χ4v) is 4.96. The molecule has 2 aliphatic heterocycles. The summed E-state index contributed by atoms with van der Waals surface area (Å²) in [5, 5.41) is 38.9. The zero-order chi connectivity index (χ0) is 18.6. The quantitative estimate of drug-likeness (QED) is 0.836. The van der Waals surface area contributed by atoms with Crippen LogP contribution in [0.2, 0.25) is 0 Å². The molecule has 1 saturated carbocycles. The molecule has 1 N–H and O–H groups in total. The van der Waals surface area contributed by atoms with Crippen LogP contribution in [0.3, 0.4) is 0 Å². The highest BCUT2D eigenvalue weighted by molar-refractivity contribution is 5.89. The predicted molar refractivity (Wildman–Crippen MR) is 90.0 cm³/mol. The summed E-state index contributed by atoms with van der Waals surface area (Å²) in [6.45, 7) is 2.07. The Kier molecular flexibility index (Phi) is 3.38. The maximum atomic E-state index is 10.2. The van der Waals surface area contributed by atoms with Crippen molar-refractivity contribution in [1.29, 1.82) is 21.2 Å². The van der Waals surface area contributed by atoms with Gasteiger partial charge in [-0.05, 0) is 24.3 Å². The topological polar surface area (TPSA) is 114 Å². The van der Waals surface area contributed by atoms with Gasteiger partial charge in [0.1, 0.15) is 6.10 Å². The zero-order valence-electron chi connectivity index (χ0n) is 14.4. The summed E-state index contributed by atoms with van der Waals surface area (Å²) in [6, 6.07) is 15.4. The van der Waals surface area contributed by atoms with Gasteiger partial charge in [-0.1, -0.05) is 37.3 Å². The second kappa shape index (κ2) is 5.31. The average molecular weight is 346 g/mol. The average Bonchev–Trinajstić information content (AvgIpc) is 2.86. The number of ether oxygens (including phenoxy) is 2. The lowest BCUT2D eigenvalue weighted by atomic mass is 9.51. The summed E-state index contributed by atoms with van der Waals surface area (Å²) >= 11 is 0. The van der Waals surface area contributed by atoms with Crippen molar-refractivity contribution in [3.8, 4) is 18.2 Å². The molecule has 6 nitrogen and oxygen atoms in total. The molecule has 6 heteroatoms. The van der Waals surface area contributed by atoms with Gasteiger partial charge >= 0.3 is 0 Å². The predicted octanol–water partition coefficient (Wildman–Crippen LogP) is 3.44. The van der Waals surface area contributed by atoms with E-state index >= 15 is 0 Å². The van der Waals surface area contributed by atoms with Crippen LogP contribution < -0.4 is 0 Å². The van der Waals surface area contributed by atoms with E-state index in [9.17, 15) is 15.8 Å². The third kappa shape index (κ3) is 1.69. The number of nitrogens with zero attached hydrogens (tertiary/aromatic N) is 3. The van der Waals surface area contributed by atoms with Gasteiger partial charge in [-0.2, -0.15) is 15.8 Å². The molecule has 26 heavy (non-hydrogen) atoms. The Hall–Kier alpha value is -2.88. The Bertz CT molecular complexity index is 879. The van der Waals surface area contributed by atoms with Crippen LogP contribution in [0.4, 0.5) is 0 Å². The van der Waals surface area contributed by atoms with Gasteiger partial charge in [0.15, 0.2) is 5.41 Å². The van der Waals surface area contributed by atoms with Crippen molar-refractivity contribution in [2.24, 2.45) is 22.7 Å². The van der Waals surface area contributed by atoms with E-state index in [2.05, 4.69) is 25.1 Å². The summed E-state index contributed by atoms with van der Waals surface area (Å²) in [7, 11) is 0. The molecule has 3 fully saturated rings. The van der Waals surface area contributed by atoms with E-state index in [0.717, 1.165) is 6.42 Å². The molecular formula is C20H18N4O2. The second-order valence-corrected chi connectivity index (χ2v) is 7.54. The normalized spacial score (nSPS) is 39.6. The first-order valence-electron chi connectivity index (χ1n) is 8.74. The van der Waals surface area contributed by atoms with Crippen LogP contribution in [0.1, 0.15) is 37.9 Å². The van der Waals surface area contributed by atoms with Crippen LogP contribution in [0.15, 0.2) is 30.3 Å². The van der Waals surface area contributed by atoms with Gasteiger partial charge in [-0.25, -0.2) is 0 Å². The third-order valence-corrected chi connectivity index (χ3v) is 6.27. The number of nitrogens with one attached hydrogen (secondary N) is 1. The molecule has 0 radical (unpaired) electrons. The van der Waals surface area contributed by atoms with Crippen molar-refractivity contribution in [2.45, 2.75) is 38.1 Å². The minimum absolute atomic E-state index is 0.305. The third-order valence-electron chi connectivity index (χ3n) is 6.27. The fraction of sp³-hybridized carbons (Fsp3) is 0.500. The van der Waals surface area contributed by atoms with Crippen molar-refractivity contribution in [2.75, 3.05) is 0 Å². The monoisotopic (exact) mass is 346 g/mol. The molecule has 0 aromatic heterocycles. The summed E-state index contributed by atoms with van der Waals surface area (Å²) in [5.74, 6) is -1.62. The number of rotatable bonds is 1. The van der Waals surface area contributed by atoms with E-state index in [-0.39, 0.29) is 5.90 Å². The van der Waals surface area contributed by atoms with Crippen LogP contribution in [0.5, 0.6) is 0 Å². The first-order chi connectivity index (χ1) is 12.5. The number of nitriles is 3. The maximum Gasteiger partial charge on any atom is 0.217 e. The molecule has 5 unspecified atom stereocenters. The number of hydrogen-bond acceptors (Lipinski definition) is 6. The fourth-order valence-electron chi connectivity index (χ4n) is 4.96. The largest absolute Gasteiger partial charge is 0.447 e. The van der Waals surface area contributed by atoms with Crippen molar-refractivity contribution in [3.63, 3.8) is 0 Å². The Morgan fingerprint density at radius 2 is 1.81 bits per heavy atom. The number of benzene rings is 1. The van der Waals surface area contributed by atoms with Crippen LogP contribution in [-0.4, -0.2) is 11.7 Å². The van der Waals surface area contributed by atoms with Crippen molar-refractivity contribution >= 4 is 5.90 Å². The Morgan fingerprint density at radius 3 is 2.42 bits per heavy atom. The molecule has 4 rings (SSSR count). The molecule has 2 bridgehead atoms. The maximum absolute atomic E-state index is 10.2. The van der Waals surface area contributed by atoms with Gasteiger partial charge in [0, 0.05) is 6.42 Å². The molecule has 5 atom stereocenters. The van der Waals surface area contributed by atoms with Gasteiger partial charge in [-0.3, -0.25) is 5.41 Å². The summed E-state index contributed by atoms with van der Waals surface area (Å²) < 4.78 is 12.2. The first-order valence-corrected chi connectivity index (χ1v) is 8.74. The van der Waals surface area contributed by atoms with Gasteiger partial charge < -0.3 is 9.47 Å². The number of hydrogen-bond donors (Lipinski definition) is 1. The standard InChI is InChI=1S/C20H18N4O2/c1-13-7-8-20-15(9-13)19(12-23,17(24)26-20)18(10-21,11-22)16(25-20)14-5-3-2-4-6-14/h2-6,13,15-16,24H,7-9H2,1H3. The lowest BCUT2D eigenvalue weighted by molar-refractivity contribution is -0.298. The lowest BCUT2D eigenvalue weighted by Gasteiger charge is -2.52. The molecule has 2 saturated heterocycles. The van der Waals surface area contributed by atoms with E-state index in [1.807, 2.05) is 6.07 Å². The van der Waals surface area contributed by atoms with Crippen molar-refractivity contribution in [1.82, 2.24) is 0 Å². The van der Waals surface area contributed by atoms with Crippen LogP contribution in [0, 0.1) is 62.1 Å². The van der Waals surface area contributed by atoms with E-state index in [4.69, 9.17) is 14.9 Å². The van der Waals surface area contributed by atoms with E-state index in [1.165, 1.54) is 0 Å². The highest BCUT2D eigenvalue weighted by Gasteiger charge is 2.80. The first kappa shape index (κ1) is 16.6. The van der Waals surface area contributed by atoms with Crippen molar-refractivity contribution < 1.29 is 9.47 Å². The van der Waals surface area contributed by atoms with E-state index in [0.29, 0.717) is 24.3 Å². The SMILES string of the molecule is CC1CCC23OC(=N)C(C#N)(C2C1)C(C#N)(C#N)C(c1ccccc1)O3. The summed E-state index contributed by atoms with van der Waals surface area (Å²) in [5.41, 5.74) is -2.84. The van der Waals surface area contributed by atoms with E-state index < -0.39 is 28.6 Å². The summed E-state index contributed by atoms with van der Waals surface area (Å²) in [6.07, 6.45) is 1.02. The highest BCUT2D eigenvalue weighted by Crippen LogP contribution is 2.69. The van der Waals surface area contributed by atoms with Gasteiger partial charge in [0.25, 0.3) is 0 Å². The molecule has 1 aromatic rings. The van der Waals surface area contributed by atoms with Gasteiger partial charge in [0.2, 0.25) is 17.1 Å². The van der Waals surface area contributed by atoms with Crippen molar-refractivity contribution in [3.05, 3.63) is 35.9 Å². The Morgan fingerprint density at radius 1 is 1.12 bits per heavy atom. The molecule has 3 aliphatic rings. The second-order valence-electron chi connectivity index (χ2n) is 7.54. The smallest absolute Gasteiger partial charge is 0.217 e. The zero-order valence-corrected chi connectivity index (χ0v) is 14.4. The molecule has 1 aromatic carbocycles. The van der Waals surface area contributed by atoms with Gasteiger partial charge in [-0.15, -0.1) is 0 Å². The minimum atomic E-state index is -1.85. The van der Waals surface area contributed by atoms with Crippen LogP contribution in [-0.2, 0) is 9.47 Å². The molecule has 0 spiro atoms. The van der Waals surface area contributed by atoms with Crippen LogP contribution in [0.25, 0.3) is 0 Å².